The normalized spacial score (nSPS) is 10.8. The summed E-state index contributed by atoms with van der Waals surface area (Å²) in [6.07, 6.45) is -0.514. The Balaban J connectivity index is 2.08. The van der Waals surface area contributed by atoms with Crippen LogP contribution < -0.4 is 15.0 Å². The van der Waals surface area contributed by atoms with E-state index in [0.29, 0.717) is 23.7 Å². The number of carbonyl (C=O) groups is 2. The third kappa shape index (κ3) is 6.66. The zero-order chi connectivity index (χ0) is 19.9. The zero-order valence-electron chi connectivity index (χ0n) is 16.2. The van der Waals surface area contributed by atoms with E-state index in [0.717, 1.165) is 0 Å². The minimum atomic E-state index is -0.569. The highest BCUT2D eigenvalue weighted by Gasteiger charge is 2.19. The zero-order valence-corrected chi connectivity index (χ0v) is 16.2. The largest absolute Gasteiger partial charge is 0.455 e. The maximum absolute atomic E-state index is 12.2. The number of nitrogens with one attached hydrogen (secondary N) is 1. The number of carbonyl (C=O) groups excluding carboxylic acids is 2. The Morgan fingerprint density at radius 1 is 1.00 bits per heavy atom. The summed E-state index contributed by atoms with van der Waals surface area (Å²) in [5.74, 6) is 1.10. The molecule has 0 saturated carbocycles. The van der Waals surface area contributed by atoms with Gasteiger partial charge in [-0.1, -0.05) is 30.3 Å². The predicted molar refractivity (Wildman–Crippen MR) is 105 cm³/mol. The van der Waals surface area contributed by atoms with E-state index >= 15 is 0 Å². The first-order chi connectivity index (χ1) is 12.8. The Kier molecular flexibility index (Phi) is 6.82. The molecule has 27 heavy (non-hydrogen) atoms. The minimum absolute atomic E-state index is 0.148. The lowest BCUT2D eigenvalue weighted by Crippen LogP contribution is -2.39. The Labute approximate surface area is 160 Å². The average Bonchev–Trinajstić information content (AvgIpc) is 2.59. The molecule has 0 unspecified atom stereocenters. The third-order valence-corrected chi connectivity index (χ3v) is 3.51. The lowest BCUT2D eigenvalue weighted by molar-refractivity contribution is -0.116. The highest BCUT2D eigenvalue weighted by molar-refractivity contribution is 5.93. The number of benzene rings is 2. The van der Waals surface area contributed by atoms with Crippen LogP contribution in [0.5, 0.6) is 11.5 Å². The minimum Gasteiger partial charge on any atom is -0.455 e. The number of hydrogen-bond acceptors (Lipinski definition) is 4. The van der Waals surface area contributed by atoms with Crippen molar-refractivity contribution in [2.45, 2.75) is 33.3 Å². The SMILES string of the molecule is CC(=O)N(CCNC(=O)OC(C)(C)C)c1ccccc1Oc1ccccc1. The topological polar surface area (TPSA) is 67.9 Å². The maximum Gasteiger partial charge on any atom is 0.407 e. The maximum atomic E-state index is 12.2. The van der Waals surface area contributed by atoms with Crippen LogP contribution in [0.3, 0.4) is 0 Å². The number of anilines is 1. The third-order valence-electron chi connectivity index (χ3n) is 3.51. The van der Waals surface area contributed by atoms with Crippen molar-refractivity contribution in [1.29, 1.82) is 0 Å². The van der Waals surface area contributed by atoms with Crippen LogP contribution in [0, 0.1) is 0 Å². The van der Waals surface area contributed by atoms with Crippen LogP contribution in [0.15, 0.2) is 54.6 Å². The predicted octanol–water partition coefficient (Wildman–Crippen LogP) is 4.36. The molecule has 1 N–H and O–H groups in total. The molecule has 0 aliphatic carbocycles. The van der Waals surface area contributed by atoms with Crippen LogP contribution in [0.1, 0.15) is 27.7 Å². The molecule has 0 aromatic heterocycles. The molecule has 2 rings (SSSR count). The van der Waals surface area contributed by atoms with Gasteiger partial charge in [0.2, 0.25) is 5.91 Å². The molecule has 144 valence electrons. The Bertz CT molecular complexity index is 769. The van der Waals surface area contributed by atoms with Gasteiger partial charge in [0.15, 0.2) is 5.75 Å². The first-order valence-electron chi connectivity index (χ1n) is 8.83. The number of para-hydroxylation sites is 3. The van der Waals surface area contributed by atoms with Crippen molar-refractivity contribution in [2.75, 3.05) is 18.0 Å². The van der Waals surface area contributed by atoms with E-state index in [-0.39, 0.29) is 12.5 Å². The number of amides is 2. The molecule has 6 nitrogen and oxygen atoms in total. The van der Waals surface area contributed by atoms with Crippen LogP contribution in [-0.4, -0.2) is 30.7 Å². The van der Waals surface area contributed by atoms with Crippen LogP contribution in [0.4, 0.5) is 10.5 Å². The second-order valence-corrected chi connectivity index (χ2v) is 6.98. The van der Waals surface area contributed by atoms with Crippen molar-refractivity contribution in [3.05, 3.63) is 54.6 Å². The van der Waals surface area contributed by atoms with Crippen molar-refractivity contribution in [2.24, 2.45) is 0 Å². The summed E-state index contributed by atoms with van der Waals surface area (Å²) in [5, 5.41) is 2.67. The van der Waals surface area contributed by atoms with E-state index in [1.165, 1.54) is 6.92 Å². The van der Waals surface area contributed by atoms with E-state index in [4.69, 9.17) is 9.47 Å². The van der Waals surface area contributed by atoms with E-state index < -0.39 is 11.7 Å². The molecule has 0 bridgehead atoms. The smallest absolute Gasteiger partial charge is 0.407 e. The van der Waals surface area contributed by atoms with Crippen LogP contribution >= 0.6 is 0 Å². The summed E-state index contributed by atoms with van der Waals surface area (Å²) in [7, 11) is 0. The number of alkyl carbamates (subject to hydrolysis) is 1. The molecule has 0 aliphatic rings. The van der Waals surface area contributed by atoms with E-state index in [2.05, 4.69) is 5.32 Å². The van der Waals surface area contributed by atoms with Gasteiger partial charge in [0.1, 0.15) is 11.4 Å². The second-order valence-electron chi connectivity index (χ2n) is 6.98. The lowest BCUT2D eigenvalue weighted by atomic mass is 10.2. The first-order valence-corrected chi connectivity index (χ1v) is 8.83. The average molecular weight is 370 g/mol. The van der Waals surface area contributed by atoms with Crippen LogP contribution in [0.25, 0.3) is 0 Å². The number of rotatable bonds is 6. The fourth-order valence-electron chi connectivity index (χ4n) is 2.41. The summed E-state index contributed by atoms with van der Waals surface area (Å²) in [6, 6.07) is 16.7. The first kappa shape index (κ1) is 20.3. The molecule has 0 radical (unpaired) electrons. The second kappa shape index (κ2) is 9.07. The van der Waals surface area contributed by atoms with Gasteiger partial charge in [-0.2, -0.15) is 0 Å². The lowest BCUT2D eigenvalue weighted by Gasteiger charge is -2.24. The quantitative estimate of drug-likeness (QED) is 0.820. The van der Waals surface area contributed by atoms with Gasteiger partial charge in [0, 0.05) is 20.0 Å². The fraction of sp³-hybridized carbons (Fsp3) is 0.333. The molecule has 6 heteroatoms. The van der Waals surface area contributed by atoms with Crippen molar-refractivity contribution >= 4 is 17.7 Å². The van der Waals surface area contributed by atoms with Crippen LogP contribution in [0.2, 0.25) is 0 Å². The van der Waals surface area contributed by atoms with Gasteiger partial charge in [-0.3, -0.25) is 4.79 Å². The summed E-state index contributed by atoms with van der Waals surface area (Å²) >= 11 is 0. The van der Waals surface area contributed by atoms with Gasteiger partial charge >= 0.3 is 6.09 Å². The van der Waals surface area contributed by atoms with E-state index in [1.807, 2.05) is 48.5 Å². The monoisotopic (exact) mass is 370 g/mol. The Morgan fingerprint density at radius 3 is 2.26 bits per heavy atom. The number of nitrogens with zero attached hydrogens (tertiary/aromatic N) is 1. The van der Waals surface area contributed by atoms with E-state index in [9.17, 15) is 9.59 Å². The summed E-state index contributed by atoms with van der Waals surface area (Å²) < 4.78 is 11.1. The summed E-state index contributed by atoms with van der Waals surface area (Å²) in [4.78, 5) is 25.5. The molecule has 0 fully saturated rings. The van der Waals surface area contributed by atoms with E-state index in [1.54, 1.807) is 31.7 Å². The Hall–Kier alpha value is -3.02. The molecule has 2 aromatic rings. The molecule has 2 amide bonds. The summed E-state index contributed by atoms with van der Waals surface area (Å²) in [5.41, 5.74) is 0.0698. The van der Waals surface area contributed by atoms with Gasteiger partial charge in [-0.05, 0) is 45.0 Å². The van der Waals surface area contributed by atoms with Crippen molar-refractivity contribution in [1.82, 2.24) is 5.32 Å². The van der Waals surface area contributed by atoms with Gasteiger partial charge in [0.25, 0.3) is 0 Å². The van der Waals surface area contributed by atoms with Crippen molar-refractivity contribution in [3.63, 3.8) is 0 Å². The Morgan fingerprint density at radius 2 is 1.63 bits per heavy atom. The van der Waals surface area contributed by atoms with Crippen molar-refractivity contribution < 1.29 is 19.1 Å². The molecular weight excluding hydrogens is 344 g/mol. The van der Waals surface area contributed by atoms with Gasteiger partial charge < -0.3 is 19.7 Å². The molecular formula is C21H26N2O4. The summed E-state index contributed by atoms with van der Waals surface area (Å²) in [6.45, 7) is 7.42. The molecule has 0 aliphatic heterocycles. The van der Waals surface area contributed by atoms with Crippen LogP contribution in [-0.2, 0) is 9.53 Å². The molecule has 0 heterocycles. The van der Waals surface area contributed by atoms with Gasteiger partial charge in [-0.25, -0.2) is 4.79 Å². The fourth-order valence-corrected chi connectivity index (χ4v) is 2.41. The number of hydrogen-bond donors (Lipinski definition) is 1. The van der Waals surface area contributed by atoms with Crippen molar-refractivity contribution in [3.8, 4) is 11.5 Å². The molecule has 0 spiro atoms. The van der Waals surface area contributed by atoms with Gasteiger partial charge in [0.05, 0.1) is 5.69 Å². The highest BCUT2D eigenvalue weighted by atomic mass is 16.6. The molecule has 2 aromatic carbocycles. The molecule has 0 saturated heterocycles. The highest BCUT2D eigenvalue weighted by Crippen LogP contribution is 2.32. The standard InChI is InChI=1S/C21H26N2O4/c1-16(24)23(15-14-22-20(25)27-21(2,3)4)18-12-8-9-13-19(18)26-17-10-6-5-7-11-17/h5-13H,14-15H2,1-4H3,(H,22,25). The molecule has 0 atom stereocenters. The van der Waals surface area contributed by atoms with Gasteiger partial charge in [-0.15, -0.1) is 0 Å². The number of ether oxygens (including phenoxy) is 2.